The molecule has 3 nitrogen and oxygen atoms in total. The van der Waals surface area contributed by atoms with Crippen molar-refractivity contribution in [1.82, 2.24) is 0 Å². The first-order valence-electron chi connectivity index (χ1n) is 7.43. The Morgan fingerprint density at radius 2 is 1.80 bits per heavy atom. The van der Waals surface area contributed by atoms with E-state index in [1.54, 1.807) is 18.1 Å². The zero-order chi connectivity index (χ0) is 17.8. The number of carbonyl (C=O) groups excluding carboxylic acids is 1. The smallest absolute Gasteiger partial charge is 0.270 e. The number of benzene rings is 2. The predicted molar refractivity (Wildman–Crippen MR) is 112 cm³/mol. The van der Waals surface area contributed by atoms with Gasteiger partial charge in [0.1, 0.15) is 5.75 Å². The summed E-state index contributed by atoms with van der Waals surface area (Å²) in [7, 11) is 1.61. The Kier molecular flexibility index (Phi) is 5.73. The zero-order valence-electron chi connectivity index (χ0n) is 13.3. The molecule has 0 radical (unpaired) electrons. The maximum atomic E-state index is 12.6. The van der Waals surface area contributed by atoms with Crippen molar-refractivity contribution in [2.45, 2.75) is 0 Å². The van der Waals surface area contributed by atoms with E-state index in [0.717, 1.165) is 21.5 Å². The second kappa shape index (κ2) is 7.99. The largest absolute Gasteiger partial charge is 0.497 e. The summed E-state index contributed by atoms with van der Waals surface area (Å²) in [5.74, 6) is 0.628. The van der Waals surface area contributed by atoms with Gasteiger partial charge >= 0.3 is 0 Å². The van der Waals surface area contributed by atoms with Crippen LogP contribution in [0.25, 0.3) is 6.08 Å². The number of amides is 1. The summed E-state index contributed by atoms with van der Waals surface area (Å²) < 4.78 is 6.70. The molecule has 0 aliphatic carbocycles. The van der Waals surface area contributed by atoms with E-state index in [1.807, 2.05) is 60.7 Å². The van der Waals surface area contributed by atoms with Gasteiger partial charge in [-0.05, 0) is 48.0 Å². The molecule has 0 unspecified atom stereocenters. The fraction of sp³-hybridized carbons (Fsp3) is 0.0526. The number of ether oxygens (including phenoxy) is 1. The van der Waals surface area contributed by atoms with E-state index in [-0.39, 0.29) is 5.91 Å². The minimum Gasteiger partial charge on any atom is -0.497 e. The average Bonchev–Trinajstić information content (AvgIpc) is 2.90. The first kappa shape index (κ1) is 17.9. The lowest BCUT2D eigenvalue weighted by atomic mass is 10.2. The molecule has 0 bridgehead atoms. The lowest BCUT2D eigenvalue weighted by Gasteiger charge is -2.14. The Balaban J connectivity index is 1.76. The van der Waals surface area contributed by atoms with Crippen molar-refractivity contribution in [1.29, 1.82) is 0 Å². The van der Waals surface area contributed by atoms with Gasteiger partial charge in [-0.25, -0.2) is 0 Å². The number of hydrogen-bond acceptors (Lipinski definition) is 4. The summed E-state index contributed by atoms with van der Waals surface area (Å²) in [5.41, 5.74) is 1.80. The van der Waals surface area contributed by atoms with E-state index < -0.39 is 0 Å². The molecule has 25 heavy (non-hydrogen) atoms. The summed E-state index contributed by atoms with van der Waals surface area (Å²) in [5, 5.41) is 0. The van der Waals surface area contributed by atoms with Gasteiger partial charge in [0.2, 0.25) is 0 Å². The SMILES string of the molecule is COc1ccc(N2C(=O)/C(=C/C=C/c3ccc(Br)cc3)SC2=S)cc1. The molecule has 1 saturated heterocycles. The molecule has 0 spiro atoms. The standard InChI is InChI=1S/C19H14BrNO2S2/c1-23-16-11-9-15(10-12-16)21-18(22)17(25-19(21)24)4-2-3-13-5-7-14(20)8-6-13/h2-12H,1H3/b3-2+,17-4-. The number of allylic oxidation sites excluding steroid dienone is 2. The molecule has 1 fully saturated rings. The third kappa shape index (κ3) is 4.21. The first-order chi connectivity index (χ1) is 12.1. The van der Waals surface area contributed by atoms with E-state index in [2.05, 4.69) is 15.9 Å². The molecule has 1 heterocycles. The summed E-state index contributed by atoms with van der Waals surface area (Å²) >= 11 is 10.1. The number of carbonyl (C=O) groups is 1. The number of nitrogens with zero attached hydrogens (tertiary/aromatic N) is 1. The van der Waals surface area contributed by atoms with E-state index in [0.29, 0.717) is 9.23 Å². The van der Waals surface area contributed by atoms with E-state index >= 15 is 0 Å². The minimum absolute atomic E-state index is 0.111. The van der Waals surface area contributed by atoms with Crippen LogP contribution in [0, 0.1) is 0 Å². The van der Waals surface area contributed by atoms with Crippen molar-refractivity contribution in [3.63, 3.8) is 0 Å². The third-order valence-corrected chi connectivity index (χ3v) is 5.38. The third-order valence-electron chi connectivity index (χ3n) is 3.53. The van der Waals surface area contributed by atoms with Crippen LogP contribution in [-0.4, -0.2) is 17.3 Å². The summed E-state index contributed by atoms with van der Waals surface area (Å²) in [6, 6.07) is 15.2. The highest BCUT2D eigenvalue weighted by Crippen LogP contribution is 2.35. The molecular formula is C19H14BrNO2S2. The topological polar surface area (TPSA) is 29.5 Å². The molecule has 3 rings (SSSR count). The summed E-state index contributed by atoms with van der Waals surface area (Å²) in [6.45, 7) is 0. The maximum absolute atomic E-state index is 12.6. The van der Waals surface area contributed by atoms with Gasteiger partial charge in [0.25, 0.3) is 5.91 Å². The molecule has 0 saturated carbocycles. The normalized spacial score (nSPS) is 16.2. The molecule has 1 aliphatic heterocycles. The van der Waals surface area contributed by atoms with Crippen LogP contribution in [0.5, 0.6) is 5.75 Å². The number of halogens is 1. The fourth-order valence-electron chi connectivity index (χ4n) is 2.26. The maximum Gasteiger partial charge on any atom is 0.270 e. The van der Waals surface area contributed by atoms with Crippen LogP contribution in [0.15, 0.2) is 70.1 Å². The Hall–Kier alpha value is -1.89. The van der Waals surface area contributed by atoms with Crippen molar-refractivity contribution in [3.05, 3.63) is 75.6 Å². The van der Waals surface area contributed by atoms with Crippen LogP contribution in [0.4, 0.5) is 5.69 Å². The molecule has 0 N–H and O–H groups in total. The Bertz CT molecular complexity index is 858. The molecule has 1 aliphatic rings. The van der Waals surface area contributed by atoms with Gasteiger partial charge in [-0.2, -0.15) is 0 Å². The molecule has 1 amide bonds. The number of rotatable bonds is 4. The molecule has 2 aromatic rings. The minimum atomic E-state index is -0.111. The summed E-state index contributed by atoms with van der Waals surface area (Å²) in [4.78, 5) is 14.8. The first-order valence-corrected chi connectivity index (χ1v) is 9.44. The number of thiocarbonyl (C=S) groups is 1. The lowest BCUT2D eigenvalue weighted by molar-refractivity contribution is -0.113. The van der Waals surface area contributed by atoms with Gasteiger partial charge in [0.05, 0.1) is 17.7 Å². The second-order valence-corrected chi connectivity index (χ2v) is 7.74. The van der Waals surface area contributed by atoms with Crippen molar-refractivity contribution in [2.24, 2.45) is 0 Å². The van der Waals surface area contributed by atoms with Crippen LogP contribution in [0.3, 0.4) is 0 Å². The Morgan fingerprint density at radius 3 is 2.44 bits per heavy atom. The second-order valence-electron chi connectivity index (χ2n) is 5.15. The van der Waals surface area contributed by atoms with Crippen LogP contribution in [0.1, 0.15) is 5.56 Å². The summed E-state index contributed by atoms with van der Waals surface area (Å²) in [6.07, 6.45) is 5.61. The molecule has 2 aromatic carbocycles. The molecular weight excluding hydrogens is 418 g/mol. The Labute approximate surface area is 164 Å². The Morgan fingerprint density at radius 1 is 1.12 bits per heavy atom. The molecule has 0 aromatic heterocycles. The zero-order valence-corrected chi connectivity index (χ0v) is 16.5. The van der Waals surface area contributed by atoms with Gasteiger partial charge in [-0.1, -0.05) is 64.2 Å². The van der Waals surface area contributed by atoms with E-state index in [1.165, 1.54) is 11.8 Å². The predicted octanol–water partition coefficient (Wildman–Crippen LogP) is 5.42. The van der Waals surface area contributed by atoms with E-state index in [9.17, 15) is 4.79 Å². The molecule has 0 atom stereocenters. The van der Waals surface area contributed by atoms with Crippen LogP contribution < -0.4 is 9.64 Å². The van der Waals surface area contributed by atoms with Crippen molar-refractivity contribution < 1.29 is 9.53 Å². The lowest BCUT2D eigenvalue weighted by Crippen LogP contribution is -2.27. The van der Waals surface area contributed by atoms with E-state index in [4.69, 9.17) is 17.0 Å². The van der Waals surface area contributed by atoms with Gasteiger partial charge < -0.3 is 4.74 Å². The monoisotopic (exact) mass is 431 g/mol. The van der Waals surface area contributed by atoms with Crippen LogP contribution >= 0.6 is 39.9 Å². The number of thioether (sulfide) groups is 1. The van der Waals surface area contributed by atoms with Crippen molar-refractivity contribution in [2.75, 3.05) is 12.0 Å². The average molecular weight is 432 g/mol. The number of anilines is 1. The fourth-order valence-corrected chi connectivity index (χ4v) is 3.77. The quantitative estimate of drug-likeness (QED) is 0.477. The molecule has 6 heteroatoms. The van der Waals surface area contributed by atoms with Gasteiger partial charge in [-0.15, -0.1) is 0 Å². The number of methoxy groups -OCH3 is 1. The van der Waals surface area contributed by atoms with Crippen molar-refractivity contribution in [3.8, 4) is 5.75 Å². The highest BCUT2D eigenvalue weighted by Gasteiger charge is 2.32. The van der Waals surface area contributed by atoms with Gasteiger partial charge in [0.15, 0.2) is 4.32 Å². The number of hydrogen-bond donors (Lipinski definition) is 0. The molecule has 126 valence electrons. The van der Waals surface area contributed by atoms with Crippen LogP contribution in [0.2, 0.25) is 0 Å². The highest BCUT2D eigenvalue weighted by molar-refractivity contribution is 9.10. The highest BCUT2D eigenvalue weighted by atomic mass is 79.9. The van der Waals surface area contributed by atoms with Crippen molar-refractivity contribution >= 4 is 61.9 Å². The van der Waals surface area contributed by atoms with Gasteiger partial charge in [0, 0.05) is 4.47 Å². The van der Waals surface area contributed by atoms with Crippen LogP contribution in [-0.2, 0) is 4.79 Å². The van der Waals surface area contributed by atoms with Gasteiger partial charge in [-0.3, -0.25) is 9.69 Å².